The standard InChI is InChI=1S/C33H40N10O4/c1-19(2)17-43(33(47)41-28(30(35)44)11-20-14-37-26-9-5-3-7-23(20)26)42-32(46)29(12-21-15-38-27-10-6-4-8-24(21)27)40-31(45)25(34)13-22-16-36-18-39-22/h3-10,14-16,18-19,25,28-29,37-38H,11-13,17,34H2,1-2H3,(H2,35,44)(H,36,39)(H,40,45)(H,41,47)(H,42,46)/t25-,28-,29+/m0/s1. The highest BCUT2D eigenvalue weighted by molar-refractivity contribution is 5.93. The molecule has 14 nitrogen and oxygen atoms in total. The molecule has 47 heavy (non-hydrogen) atoms. The largest absolute Gasteiger partial charge is 0.368 e. The van der Waals surface area contributed by atoms with Gasteiger partial charge in [0.2, 0.25) is 11.8 Å². The van der Waals surface area contributed by atoms with Gasteiger partial charge in [-0.15, -0.1) is 0 Å². The Kier molecular flexibility index (Phi) is 10.2. The second kappa shape index (κ2) is 14.6. The summed E-state index contributed by atoms with van der Waals surface area (Å²) in [6, 6.07) is 11.3. The number of fused-ring (bicyclic) bond motifs is 2. The third-order valence-corrected chi connectivity index (χ3v) is 7.84. The van der Waals surface area contributed by atoms with E-state index >= 15 is 0 Å². The quantitative estimate of drug-likeness (QED) is 0.0896. The van der Waals surface area contributed by atoms with Crippen molar-refractivity contribution in [3.63, 3.8) is 0 Å². The van der Waals surface area contributed by atoms with Crippen LogP contribution in [-0.2, 0) is 33.6 Å². The molecule has 14 heteroatoms. The van der Waals surface area contributed by atoms with Crippen LogP contribution >= 0.6 is 0 Å². The number of para-hydroxylation sites is 2. The monoisotopic (exact) mass is 640 g/mol. The molecule has 246 valence electrons. The second-order valence-corrected chi connectivity index (χ2v) is 12.0. The molecule has 0 radical (unpaired) electrons. The minimum Gasteiger partial charge on any atom is -0.368 e. The summed E-state index contributed by atoms with van der Waals surface area (Å²) < 4.78 is 0. The zero-order valence-corrected chi connectivity index (χ0v) is 26.2. The van der Waals surface area contributed by atoms with Crippen molar-refractivity contribution in [1.29, 1.82) is 0 Å². The Bertz CT molecular complexity index is 1840. The predicted molar refractivity (Wildman–Crippen MR) is 177 cm³/mol. The van der Waals surface area contributed by atoms with E-state index < -0.39 is 41.9 Å². The number of aromatic nitrogens is 4. The number of hydrogen-bond acceptors (Lipinski definition) is 6. The Morgan fingerprint density at radius 1 is 0.809 bits per heavy atom. The van der Waals surface area contributed by atoms with Crippen LogP contribution in [0.25, 0.3) is 21.8 Å². The first kappa shape index (κ1) is 32.8. The first-order valence-corrected chi connectivity index (χ1v) is 15.4. The smallest absolute Gasteiger partial charge is 0.336 e. The average Bonchev–Trinajstić information content (AvgIpc) is 3.80. The Morgan fingerprint density at radius 2 is 1.40 bits per heavy atom. The van der Waals surface area contributed by atoms with Gasteiger partial charge in [-0.05, 0) is 29.2 Å². The van der Waals surface area contributed by atoms with Crippen LogP contribution in [0, 0.1) is 5.92 Å². The van der Waals surface area contributed by atoms with E-state index in [-0.39, 0.29) is 31.7 Å². The van der Waals surface area contributed by atoms with Gasteiger partial charge in [-0.25, -0.2) is 14.8 Å². The van der Waals surface area contributed by atoms with Crippen molar-refractivity contribution in [3.05, 3.63) is 90.3 Å². The SMILES string of the molecule is CC(C)CN(NC(=O)[C@@H](Cc1c[nH]c2ccccc12)NC(=O)[C@@H](N)Cc1cnc[nH]1)C(=O)N[C@@H](Cc1c[nH]c2ccccc12)C(N)=O. The molecule has 0 aliphatic carbocycles. The molecule has 3 heterocycles. The van der Waals surface area contributed by atoms with Crippen LogP contribution in [-0.4, -0.2) is 73.4 Å². The third-order valence-electron chi connectivity index (χ3n) is 7.84. The molecular weight excluding hydrogens is 600 g/mol. The summed E-state index contributed by atoms with van der Waals surface area (Å²) in [5, 5.41) is 8.36. The summed E-state index contributed by atoms with van der Waals surface area (Å²) in [7, 11) is 0. The lowest BCUT2D eigenvalue weighted by Gasteiger charge is -2.29. The van der Waals surface area contributed by atoms with Gasteiger partial charge in [0.05, 0.1) is 12.4 Å². The molecule has 0 aliphatic heterocycles. The Hall–Kier alpha value is -5.63. The molecule has 2 aromatic carbocycles. The molecule has 0 unspecified atom stereocenters. The lowest BCUT2D eigenvalue weighted by atomic mass is 10.0. The highest BCUT2D eigenvalue weighted by atomic mass is 16.2. The topological polar surface area (TPSA) is 220 Å². The van der Waals surface area contributed by atoms with Crippen LogP contribution < -0.4 is 27.5 Å². The van der Waals surface area contributed by atoms with E-state index in [0.717, 1.165) is 37.9 Å². The molecule has 0 aliphatic rings. The van der Waals surface area contributed by atoms with Crippen LogP contribution in [0.5, 0.6) is 0 Å². The minimum atomic E-state index is -1.10. The van der Waals surface area contributed by atoms with Crippen LogP contribution in [0.15, 0.2) is 73.4 Å². The molecule has 3 atom stereocenters. The van der Waals surface area contributed by atoms with Crippen molar-refractivity contribution in [1.82, 2.24) is 41.0 Å². The number of hydrogen-bond donors (Lipinski definition) is 8. The van der Waals surface area contributed by atoms with E-state index in [0.29, 0.717) is 5.69 Å². The number of carbonyl (C=O) groups excluding carboxylic acids is 4. The number of benzene rings is 2. The van der Waals surface area contributed by atoms with Crippen molar-refractivity contribution in [2.45, 2.75) is 51.2 Å². The Balaban J connectivity index is 1.34. The summed E-state index contributed by atoms with van der Waals surface area (Å²) in [5.41, 5.74) is 18.6. The van der Waals surface area contributed by atoms with Gasteiger partial charge in [-0.3, -0.25) is 19.8 Å². The van der Waals surface area contributed by atoms with Gasteiger partial charge in [0.15, 0.2) is 0 Å². The first-order chi connectivity index (χ1) is 22.6. The molecule has 0 saturated carbocycles. The molecule has 10 N–H and O–H groups in total. The fraction of sp³-hybridized carbons (Fsp3) is 0.303. The highest BCUT2D eigenvalue weighted by Gasteiger charge is 2.30. The van der Waals surface area contributed by atoms with Crippen molar-refractivity contribution in [2.24, 2.45) is 17.4 Å². The molecule has 3 aromatic heterocycles. The number of primary amides is 1. The number of urea groups is 1. The van der Waals surface area contributed by atoms with Crippen LogP contribution in [0.4, 0.5) is 4.79 Å². The van der Waals surface area contributed by atoms with Crippen LogP contribution in [0.3, 0.4) is 0 Å². The minimum absolute atomic E-state index is 0.0637. The van der Waals surface area contributed by atoms with Gasteiger partial charge >= 0.3 is 6.03 Å². The molecule has 5 amide bonds. The molecule has 5 aromatic rings. The number of H-pyrrole nitrogens is 3. The summed E-state index contributed by atoms with van der Waals surface area (Å²) >= 11 is 0. The Morgan fingerprint density at radius 3 is 1.96 bits per heavy atom. The fourth-order valence-corrected chi connectivity index (χ4v) is 5.46. The van der Waals surface area contributed by atoms with Crippen molar-refractivity contribution in [2.75, 3.05) is 6.54 Å². The first-order valence-electron chi connectivity index (χ1n) is 15.4. The third kappa shape index (κ3) is 8.16. The van der Waals surface area contributed by atoms with Crippen LogP contribution in [0.1, 0.15) is 30.7 Å². The van der Waals surface area contributed by atoms with Crippen molar-refractivity contribution >= 4 is 45.6 Å². The summed E-state index contributed by atoms with van der Waals surface area (Å²) in [6.07, 6.45) is 7.05. The van der Waals surface area contributed by atoms with Gasteiger partial charge in [0.1, 0.15) is 12.1 Å². The second-order valence-electron chi connectivity index (χ2n) is 12.0. The van der Waals surface area contributed by atoms with Gasteiger partial charge in [-0.2, -0.15) is 0 Å². The summed E-state index contributed by atoms with van der Waals surface area (Å²) in [5.74, 6) is -1.98. The van der Waals surface area contributed by atoms with Gasteiger partial charge < -0.3 is 37.1 Å². The average molecular weight is 641 g/mol. The van der Waals surface area contributed by atoms with E-state index in [1.54, 1.807) is 18.6 Å². The van der Waals surface area contributed by atoms with E-state index in [4.69, 9.17) is 11.5 Å². The number of nitrogens with zero attached hydrogens (tertiary/aromatic N) is 2. The van der Waals surface area contributed by atoms with E-state index in [9.17, 15) is 19.2 Å². The van der Waals surface area contributed by atoms with Crippen LogP contribution in [0.2, 0.25) is 0 Å². The molecule has 5 rings (SSSR count). The fourth-order valence-electron chi connectivity index (χ4n) is 5.46. The number of rotatable bonds is 13. The lowest BCUT2D eigenvalue weighted by Crippen LogP contribution is -2.60. The normalized spacial score (nSPS) is 13.3. The number of carbonyl (C=O) groups is 4. The van der Waals surface area contributed by atoms with Crippen molar-refractivity contribution in [3.8, 4) is 0 Å². The molecule has 0 fully saturated rings. The maximum absolute atomic E-state index is 13.9. The maximum Gasteiger partial charge on any atom is 0.336 e. The Labute approximate surface area is 271 Å². The predicted octanol–water partition coefficient (Wildman–Crippen LogP) is 1.77. The van der Waals surface area contributed by atoms with Crippen molar-refractivity contribution < 1.29 is 19.2 Å². The van der Waals surface area contributed by atoms with E-state index in [1.165, 1.54) is 6.33 Å². The number of aromatic amines is 3. The lowest BCUT2D eigenvalue weighted by molar-refractivity contribution is -0.132. The van der Waals surface area contributed by atoms with Gasteiger partial charge in [0, 0.05) is 71.9 Å². The highest BCUT2D eigenvalue weighted by Crippen LogP contribution is 2.20. The number of hydrazine groups is 1. The van der Waals surface area contributed by atoms with Gasteiger partial charge in [-0.1, -0.05) is 50.2 Å². The van der Waals surface area contributed by atoms with E-state index in [1.807, 2.05) is 62.4 Å². The number of imidazole rings is 1. The molecule has 0 saturated heterocycles. The maximum atomic E-state index is 13.9. The summed E-state index contributed by atoms with van der Waals surface area (Å²) in [6.45, 7) is 3.87. The summed E-state index contributed by atoms with van der Waals surface area (Å²) in [4.78, 5) is 66.4. The molecule has 0 bridgehead atoms. The zero-order valence-electron chi connectivity index (χ0n) is 26.2. The van der Waals surface area contributed by atoms with Gasteiger partial charge in [0.25, 0.3) is 5.91 Å². The number of nitrogens with two attached hydrogens (primary N) is 2. The molecule has 0 spiro atoms. The zero-order chi connectivity index (χ0) is 33.5. The number of amides is 5. The molecular formula is C33H40N10O4. The van der Waals surface area contributed by atoms with E-state index in [2.05, 4.69) is 36.0 Å². The number of nitrogens with one attached hydrogen (secondary N) is 6.